The van der Waals surface area contributed by atoms with Gasteiger partial charge in [0, 0.05) is 18.4 Å². The third-order valence-electron chi connectivity index (χ3n) is 2.10. The van der Waals surface area contributed by atoms with Gasteiger partial charge in [-0.1, -0.05) is 0 Å². The van der Waals surface area contributed by atoms with Gasteiger partial charge in [0.25, 0.3) is 0 Å². The van der Waals surface area contributed by atoms with Crippen molar-refractivity contribution in [1.82, 2.24) is 0 Å². The number of hydrogen-bond donors (Lipinski definition) is 0. The van der Waals surface area contributed by atoms with Crippen molar-refractivity contribution in [1.29, 1.82) is 0 Å². The monoisotopic (exact) mass is 207 g/mol. The minimum Gasteiger partial charge on any atom is -0.300 e. The van der Waals surface area contributed by atoms with Crippen molar-refractivity contribution in [3.05, 3.63) is 35.6 Å². The number of hydrogen-bond acceptors (Lipinski definition) is 2. The topological polar surface area (TPSA) is 34.1 Å². The van der Waals surface area contributed by atoms with E-state index < -0.39 is 0 Å². The van der Waals surface area contributed by atoms with Crippen LogP contribution in [0.5, 0.6) is 0 Å². The Hall–Kier alpha value is -1.51. The molecule has 0 bridgehead atoms. The van der Waals surface area contributed by atoms with Crippen molar-refractivity contribution in [3.63, 3.8) is 0 Å². The third kappa shape index (κ3) is 4.02. The second-order valence-electron chi connectivity index (χ2n) is 3.49. The molecule has 0 aliphatic rings. The number of carbonyl (C=O) groups is 2. The van der Waals surface area contributed by atoms with Crippen LogP contribution < -0.4 is 0 Å². The zero-order valence-corrected chi connectivity index (χ0v) is 8.63. The summed E-state index contributed by atoms with van der Waals surface area (Å²) >= 11 is 0. The molecule has 0 heterocycles. The summed E-state index contributed by atoms with van der Waals surface area (Å²) in [5.74, 6) is -0.312. The van der Waals surface area contributed by atoms with Gasteiger partial charge in [-0.15, -0.1) is 0 Å². The summed E-state index contributed by atoms with van der Waals surface area (Å²) in [6.07, 6.45) is 1.32. The Morgan fingerprint density at radius 1 is 1.13 bits per heavy atom. The van der Waals surface area contributed by atoms with E-state index in [1.54, 1.807) is 0 Å². The summed E-state index contributed by atoms with van der Waals surface area (Å²) in [7, 11) is 0. The van der Waals surface area contributed by atoms with Crippen LogP contribution in [0.2, 0.25) is 0 Å². The molecule has 0 atom stereocenters. The first-order valence-electron chi connectivity index (χ1n) is 4.88. The van der Waals surface area contributed by atoms with Crippen LogP contribution in [-0.2, 0) is 4.79 Å². The maximum absolute atomic E-state index is 12.6. The van der Waals surface area contributed by atoms with E-state index in [-0.39, 0.29) is 17.4 Å². The molecule has 0 unspecified atom stereocenters. The van der Waals surface area contributed by atoms with Gasteiger partial charge in [0.15, 0.2) is 5.78 Å². The molecular weight excluding hydrogens is 194 g/mol. The van der Waals surface area contributed by atoms with Crippen molar-refractivity contribution in [2.45, 2.75) is 26.2 Å². The van der Waals surface area contributed by atoms with E-state index in [0.29, 0.717) is 24.8 Å². The van der Waals surface area contributed by atoms with Crippen molar-refractivity contribution in [3.8, 4) is 0 Å². The molecular formula is C12H13FO2. The van der Waals surface area contributed by atoms with Gasteiger partial charge in [0.1, 0.15) is 11.6 Å². The lowest BCUT2D eigenvalue weighted by Crippen LogP contribution is -2.00. The highest BCUT2D eigenvalue weighted by Gasteiger charge is 2.05. The fourth-order valence-corrected chi connectivity index (χ4v) is 1.28. The maximum Gasteiger partial charge on any atom is 0.162 e. The molecule has 2 nitrogen and oxygen atoms in total. The van der Waals surface area contributed by atoms with Gasteiger partial charge in [-0.3, -0.25) is 4.79 Å². The smallest absolute Gasteiger partial charge is 0.162 e. The molecule has 0 N–H and O–H groups in total. The SMILES string of the molecule is CC(=O)CCCC(=O)c1ccc([18F])cc1. The van der Waals surface area contributed by atoms with E-state index in [0.717, 1.165) is 0 Å². The summed E-state index contributed by atoms with van der Waals surface area (Å²) < 4.78 is 12.6. The fraction of sp³-hybridized carbons (Fsp3) is 0.333. The third-order valence-corrected chi connectivity index (χ3v) is 2.10. The molecule has 1 aromatic carbocycles. The molecule has 1 aromatic rings. The fourth-order valence-electron chi connectivity index (χ4n) is 1.28. The average Bonchev–Trinajstić information content (AvgIpc) is 2.18. The lowest BCUT2D eigenvalue weighted by Gasteiger charge is -1.99. The summed E-state index contributed by atoms with van der Waals surface area (Å²) in [6, 6.07) is 5.45. The largest absolute Gasteiger partial charge is 0.300 e. The molecule has 0 saturated carbocycles. The second kappa shape index (κ2) is 5.39. The van der Waals surface area contributed by atoms with Crippen LogP contribution in [0, 0.1) is 5.82 Å². The quantitative estimate of drug-likeness (QED) is 0.696. The molecule has 3 heteroatoms. The number of halogens is 1. The van der Waals surface area contributed by atoms with Crippen LogP contribution in [0.15, 0.2) is 24.3 Å². The Balaban J connectivity index is 2.47. The molecule has 0 spiro atoms. The van der Waals surface area contributed by atoms with E-state index >= 15 is 0 Å². The van der Waals surface area contributed by atoms with Crippen molar-refractivity contribution in [2.75, 3.05) is 0 Å². The molecule has 1 rings (SSSR count). The zero-order valence-electron chi connectivity index (χ0n) is 8.63. The molecule has 0 saturated heterocycles. The Morgan fingerprint density at radius 2 is 1.73 bits per heavy atom. The van der Waals surface area contributed by atoms with Gasteiger partial charge >= 0.3 is 0 Å². The summed E-state index contributed by atoms with van der Waals surface area (Å²) in [5.41, 5.74) is 0.500. The second-order valence-corrected chi connectivity index (χ2v) is 3.49. The summed E-state index contributed by atoms with van der Waals surface area (Å²) in [6.45, 7) is 1.50. The van der Waals surface area contributed by atoms with Crippen LogP contribution >= 0.6 is 0 Å². The van der Waals surface area contributed by atoms with Crippen molar-refractivity contribution >= 4 is 11.6 Å². The Bertz CT molecular complexity index is 354. The predicted molar refractivity (Wildman–Crippen MR) is 55.3 cm³/mol. The zero-order chi connectivity index (χ0) is 11.3. The predicted octanol–water partition coefficient (Wildman–Crippen LogP) is 2.77. The molecule has 15 heavy (non-hydrogen) atoms. The van der Waals surface area contributed by atoms with E-state index in [2.05, 4.69) is 0 Å². The van der Waals surface area contributed by atoms with Gasteiger partial charge in [-0.05, 0) is 37.6 Å². The normalized spacial score (nSPS) is 10.0. The molecule has 0 aliphatic heterocycles. The van der Waals surface area contributed by atoms with Crippen LogP contribution in [0.3, 0.4) is 0 Å². The van der Waals surface area contributed by atoms with E-state index in [1.165, 1.54) is 31.2 Å². The van der Waals surface area contributed by atoms with Gasteiger partial charge in [0.05, 0.1) is 0 Å². The van der Waals surface area contributed by atoms with Gasteiger partial charge in [0.2, 0.25) is 0 Å². The number of Topliss-reactive ketones (excluding diaryl/α,β-unsaturated/α-hetero) is 2. The van der Waals surface area contributed by atoms with Crippen molar-refractivity contribution in [2.24, 2.45) is 0 Å². The van der Waals surface area contributed by atoms with Crippen LogP contribution in [-0.4, -0.2) is 11.6 Å². The van der Waals surface area contributed by atoms with Crippen LogP contribution in [0.4, 0.5) is 4.39 Å². The minimum atomic E-state index is -0.352. The van der Waals surface area contributed by atoms with E-state index in [4.69, 9.17) is 0 Å². The molecule has 0 amide bonds. The lowest BCUT2D eigenvalue weighted by atomic mass is 10.0. The van der Waals surface area contributed by atoms with E-state index in [9.17, 15) is 14.0 Å². The average molecular weight is 207 g/mol. The first kappa shape index (κ1) is 11.6. The highest BCUT2D eigenvalue weighted by Crippen LogP contribution is 2.08. The first-order valence-corrected chi connectivity index (χ1v) is 4.88. The molecule has 0 fully saturated rings. The first-order chi connectivity index (χ1) is 7.09. The van der Waals surface area contributed by atoms with Crippen LogP contribution in [0.1, 0.15) is 36.5 Å². The molecule has 0 aliphatic carbocycles. The standard InChI is InChI=1S/C12H13FO2/c1-9(14)3-2-4-12(15)10-5-7-11(13)8-6-10/h5-8H,2-4H2,1H3/i13-1. The Kier molecular flexibility index (Phi) is 4.16. The number of carbonyl (C=O) groups excluding carboxylic acids is 2. The van der Waals surface area contributed by atoms with Gasteiger partial charge in [-0.2, -0.15) is 0 Å². The maximum atomic E-state index is 12.6. The Labute approximate surface area is 88.1 Å². The molecule has 80 valence electrons. The van der Waals surface area contributed by atoms with Gasteiger partial charge < -0.3 is 4.79 Å². The highest BCUT2D eigenvalue weighted by atomic mass is 18.2. The summed E-state index contributed by atoms with van der Waals surface area (Å²) in [5, 5.41) is 0. The van der Waals surface area contributed by atoms with Gasteiger partial charge in [-0.25, -0.2) is 4.39 Å². The number of ketones is 2. The minimum absolute atomic E-state index is 0.0451. The van der Waals surface area contributed by atoms with Crippen molar-refractivity contribution < 1.29 is 14.0 Å². The Morgan fingerprint density at radius 3 is 2.27 bits per heavy atom. The number of rotatable bonds is 5. The van der Waals surface area contributed by atoms with Crippen LogP contribution in [0.25, 0.3) is 0 Å². The molecule has 0 radical (unpaired) electrons. The molecule has 0 aromatic heterocycles. The highest BCUT2D eigenvalue weighted by molar-refractivity contribution is 5.96. The summed E-state index contributed by atoms with van der Waals surface area (Å²) in [4.78, 5) is 22.1. The number of benzene rings is 1. The lowest BCUT2D eigenvalue weighted by molar-refractivity contribution is -0.117. The van der Waals surface area contributed by atoms with E-state index in [1.807, 2.05) is 0 Å².